The molecule has 0 aliphatic rings. The molecule has 0 aliphatic heterocycles. The second kappa shape index (κ2) is 4.78. The molecule has 19 heavy (non-hydrogen) atoms. The van der Waals surface area contributed by atoms with Crippen LogP contribution >= 0.6 is 0 Å². The van der Waals surface area contributed by atoms with E-state index in [0.29, 0.717) is 28.2 Å². The van der Waals surface area contributed by atoms with Crippen LogP contribution in [0.3, 0.4) is 0 Å². The van der Waals surface area contributed by atoms with Gasteiger partial charge >= 0.3 is 0 Å². The van der Waals surface area contributed by atoms with Crippen LogP contribution in [0.25, 0.3) is 0 Å². The molecule has 1 unspecified atom stereocenters. The highest BCUT2D eigenvalue weighted by Gasteiger charge is 2.26. The molecule has 2 rings (SSSR count). The zero-order valence-corrected chi connectivity index (χ0v) is 11.3. The number of aliphatic hydroxyl groups is 1. The maximum absolute atomic E-state index is 14.0. The average molecular weight is 266 g/mol. The number of aryl methyl sites for hydroxylation is 3. The van der Waals surface area contributed by atoms with E-state index >= 15 is 0 Å². The lowest BCUT2D eigenvalue weighted by Crippen LogP contribution is -2.08. The summed E-state index contributed by atoms with van der Waals surface area (Å²) in [5.41, 5.74) is 1.11. The van der Waals surface area contributed by atoms with E-state index in [4.69, 9.17) is 4.42 Å². The minimum Gasteiger partial charge on any atom is -0.466 e. The van der Waals surface area contributed by atoms with Crippen molar-refractivity contribution in [2.24, 2.45) is 0 Å². The molecule has 102 valence electrons. The van der Waals surface area contributed by atoms with Gasteiger partial charge in [-0.2, -0.15) is 0 Å². The van der Waals surface area contributed by atoms with Crippen LogP contribution in [0.15, 0.2) is 16.5 Å². The summed E-state index contributed by atoms with van der Waals surface area (Å²) in [6, 6.07) is 2.51. The first-order valence-corrected chi connectivity index (χ1v) is 6.03. The number of furan rings is 1. The van der Waals surface area contributed by atoms with Crippen molar-refractivity contribution in [2.75, 3.05) is 0 Å². The van der Waals surface area contributed by atoms with Crippen molar-refractivity contribution >= 4 is 0 Å². The fourth-order valence-electron chi connectivity index (χ4n) is 2.29. The summed E-state index contributed by atoms with van der Waals surface area (Å²) in [5, 5.41) is 10.3. The molecule has 0 spiro atoms. The van der Waals surface area contributed by atoms with Gasteiger partial charge in [-0.3, -0.25) is 0 Å². The third kappa shape index (κ3) is 2.16. The molecular weight excluding hydrogens is 250 g/mol. The largest absolute Gasteiger partial charge is 0.466 e. The summed E-state index contributed by atoms with van der Waals surface area (Å²) in [6.45, 7) is 6.72. The normalized spacial score (nSPS) is 12.8. The van der Waals surface area contributed by atoms with E-state index in [1.54, 1.807) is 20.8 Å². The van der Waals surface area contributed by atoms with Gasteiger partial charge in [-0.1, -0.05) is 6.07 Å². The Labute approximate surface area is 110 Å². The third-order valence-electron chi connectivity index (χ3n) is 3.48. The van der Waals surface area contributed by atoms with Gasteiger partial charge in [0.1, 0.15) is 29.3 Å². The van der Waals surface area contributed by atoms with Gasteiger partial charge in [-0.05, 0) is 44.9 Å². The van der Waals surface area contributed by atoms with Crippen molar-refractivity contribution in [1.82, 2.24) is 0 Å². The van der Waals surface area contributed by atoms with E-state index in [-0.39, 0.29) is 5.56 Å². The summed E-state index contributed by atoms with van der Waals surface area (Å²) in [6.07, 6.45) is -1.36. The maximum atomic E-state index is 14.0. The molecule has 0 amide bonds. The predicted octanol–water partition coefficient (Wildman–Crippen LogP) is 3.87. The van der Waals surface area contributed by atoms with Crippen LogP contribution < -0.4 is 0 Å². The minimum atomic E-state index is -1.36. The molecule has 1 heterocycles. The molecule has 1 aromatic heterocycles. The summed E-state index contributed by atoms with van der Waals surface area (Å²) >= 11 is 0. The molecule has 1 atom stereocenters. The first-order chi connectivity index (χ1) is 8.84. The lowest BCUT2D eigenvalue weighted by molar-refractivity contribution is 0.206. The van der Waals surface area contributed by atoms with Crippen LogP contribution in [0.1, 0.15) is 39.9 Å². The summed E-state index contributed by atoms with van der Waals surface area (Å²) in [5.74, 6) is -0.360. The minimum absolute atomic E-state index is 0.297. The Morgan fingerprint density at radius 3 is 2.16 bits per heavy atom. The highest BCUT2D eigenvalue weighted by Crippen LogP contribution is 2.34. The number of aliphatic hydroxyl groups excluding tert-OH is 1. The van der Waals surface area contributed by atoms with Gasteiger partial charge in [0.05, 0.1) is 5.56 Å². The Kier molecular flexibility index (Phi) is 3.45. The van der Waals surface area contributed by atoms with Crippen LogP contribution in [-0.2, 0) is 0 Å². The molecule has 0 saturated heterocycles. The number of hydrogen-bond donors (Lipinski definition) is 1. The van der Waals surface area contributed by atoms with Crippen LogP contribution in [0.2, 0.25) is 0 Å². The number of rotatable bonds is 2. The first-order valence-electron chi connectivity index (χ1n) is 6.03. The van der Waals surface area contributed by atoms with Crippen LogP contribution in [0, 0.1) is 39.3 Å². The van der Waals surface area contributed by atoms with Crippen molar-refractivity contribution < 1.29 is 18.3 Å². The van der Waals surface area contributed by atoms with Crippen LogP contribution in [0.4, 0.5) is 8.78 Å². The van der Waals surface area contributed by atoms with E-state index in [1.807, 2.05) is 0 Å². The monoisotopic (exact) mass is 266 g/mol. The molecule has 4 heteroatoms. The van der Waals surface area contributed by atoms with Gasteiger partial charge in [0.15, 0.2) is 0 Å². The highest BCUT2D eigenvalue weighted by atomic mass is 19.1. The van der Waals surface area contributed by atoms with Gasteiger partial charge in [0, 0.05) is 5.56 Å². The Morgan fingerprint density at radius 1 is 1.00 bits per heavy atom. The van der Waals surface area contributed by atoms with Crippen molar-refractivity contribution in [3.05, 3.63) is 57.5 Å². The van der Waals surface area contributed by atoms with E-state index in [2.05, 4.69) is 0 Å². The maximum Gasteiger partial charge on any atom is 0.135 e. The van der Waals surface area contributed by atoms with Crippen molar-refractivity contribution in [1.29, 1.82) is 0 Å². The molecule has 0 aliphatic carbocycles. The van der Waals surface area contributed by atoms with Crippen molar-refractivity contribution in [2.45, 2.75) is 33.8 Å². The molecule has 2 aromatic rings. The van der Waals surface area contributed by atoms with Gasteiger partial charge in [-0.25, -0.2) is 8.78 Å². The molecule has 0 saturated carbocycles. The molecule has 0 radical (unpaired) electrons. The van der Waals surface area contributed by atoms with Gasteiger partial charge < -0.3 is 9.52 Å². The molecule has 2 nitrogen and oxygen atoms in total. The summed E-state index contributed by atoms with van der Waals surface area (Å²) < 4.78 is 33.2. The van der Waals surface area contributed by atoms with Crippen LogP contribution in [0.5, 0.6) is 0 Å². The lowest BCUT2D eigenvalue weighted by atomic mass is 9.96. The molecule has 1 N–H and O–H groups in total. The Balaban J connectivity index is 2.62. The first kappa shape index (κ1) is 13.7. The molecule has 1 aromatic carbocycles. The molecular formula is C15H16F2O2. The fourth-order valence-corrected chi connectivity index (χ4v) is 2.29. The topological polar surface area (TPSA) is 33.4 Å². The fraction of sp³-hybridized carbons (Fsp3) is 0.333. The SMILES string of the molecule is Cc1ccc(F)c(C(O)c2c(C)oc(C)c2C)c1F. The van der Waals surface area contributed by atoms with E-state index in [9.17, 15) is 13.9 Å². The highest BCUT2D eigenvalue weighted by molar-refractivity contribution is 5.41. The second-order valence-corrected chi connectivity index (χ2v) is 4.75. The molecule has 0 bridgehead atoms. The predicted molar refractivity (Wildman–Crippen MR) is 68.1 cm³/mol. The van der Waals surface area contributed by atoms with Gasteiger partial charge in [0.25, 0.3) is 0 Å². The van der Waals surface area contributed by atoms with E-state index in [0.717, 1.165) is 6.07 Å². The lowest BCUT2D eigenvalue weighted by Gasteiger charge is -2.15. The Morgan fingerprint density at radius 2 is 1.63 bits per heavy atom. The quantitative estimate of drug-likeness (QED) is 0.895. The second-order valence-electron chi connectivity index (χ2n) is 4.75. The summed E-state index contributed by atoms with van der Waals surface area (Å²) in [4.78, 5) is 0. The molecule has 0 fully saturated rings. The van der Waals surface area contributed by atoms with E-state index in [1.165, 1.54) is 13.0 Å². The number of benzene rings is 1. The smallest absolute Gasteiger partial charge is 0.135 e. The van der Waals surface area contributed by atoms with Crippen molar-refractivity contribution in [3.8, 4) is 0 Å². The zero-order valence-electron chi connectivity index (χ0n) is 11.3. The number of halogens is 2. The standard InChI is InChI=1S/C15H16F2O2/c1-7-5-6-11(16)13(14(7)17)15(18)12-8(2)9(3)19-10(12)4/h5-6,15,18H,1-4H3. The van der Waals surface area contributed by atoms with Crippen molar-refractivity contribution in [3.63, 3.8) is 0 Å². The average Bonchev–Trinajstić information content (AvgIpc) is 2.58. The third-order valence-corrected chi connectivity index (χ3v) is 3.48. The zero-order chi connectivity index (χ0) is 14.3. The van der Waals surface area contributed by atoms with Crippen LogP contribution in [-0.4, -0.2) is 5.11 Å². The number of hydrogen-bond acceptors (Lipinski definition) is 2. The van der Waals surface area contributed by atoms with E-state index < -0.39 is 17.7 Å². The van der Waals surface area contributed by atoms with Gasteiger partial charge in [0.2, 0.25) is 0 Å². The summed E-state index contributed by atoms with van der Waals surface area (Å²) in [7, 11) is 0. The van der Waals surface area contributed by atoms with Gasteiger partial charge in [-0.15, -0.1) is 0 Å². The Hall–Kier alpha value is -1.68. The Bertz CT molecular complexity index is 630.